The maximum Gasteiger partial charge on any atom is 0.390 e. The summed E-state index contributed by atoms with van der Waals surface area (Å²) in [5.41, 5.74) is 1.13. The number of rotatable bonds is 3. The van der Waals surface area contributed by atoms with Crippen LogP contribution in [0.4, 0.5) is 13.2 Å². The zero-order valence-corrected chi connectivity index (χ0v) is 11.8. The number of hydrogen-bond acceptors (Lipinski definition) is 2. The lowest BCUT2D eigenvalue weighted by molar-refractivity contribution is -0.149. The molecule has 0 saturated carbocycles. The van der Waals surface area contributed by atoms with E-state index >= 15 is 0 Å². The van der Waals surface area contributed by atoms with E-state index in [0.717, 1.165) is 5.56 Å². The van der Waals surface area contributed by atoms with E-state index in [-0.39, 0.29) is 12.1 Å². The Hall–Kier alpha value is -1.07. The smallest absolute Gasteiger partial charge is 0.307 e. The molecule has 20 heavy (non-hydrogen) atoms. The quantitative estimate of drug-likeness (QED) is 0.916. The van der Waals surface area contributed by atoms with Crippen LogP contribution < -0.4 is 5.32 Å². The zero-order chi connectivity index (χ0) is 14.8. The first-order valence-corrected chi connectivity index (χ1v) is 6.97. The monoisotopic (exact) mass is 286 g/mol. The molecular weight excluding hydrogens is 265 g/mol. The number of benzene rings is 1. The minimum Gasteiger partial charge on any atom is -0.307 e. The summed E-state index contributed by atoms with van der Waals surface area (Å²) in [6, 6.07) is 9.62. The van der Waals surface area contributed by atoms with E-state index in [1.165, 1.54) is 0 Å². The highest BCUT2D eigenvalue weighted by Gasteiger charge is 2.36. The van der Waals surface area contributed by atoms with Crippen molar-refractivity contribution in [1.29, 1.82) is 0 Å². The van der Waals surface area contributed by atoms with Crippen LogP contribution in [0.1, 0.15) is 31.9 Å². The maximum absolute atomic E-state index is 12.6. The number of piperazine rings is 1. The predicted molar refractivity (Wildman–Crippen MR) is 73.5 cm³/mol. The maximum atomic E-state index is 12.6. The van der Waals surface area contributed by atoms with Gasteiger partial charge in [0.1, 0.15) is 0 Å². The molecule has 3 unspecified atom stereocenters. The molecular formula is C15H21F3N2. The Kier molecular flexibility index (Phi) is 4.70. The molecule has 1 saturated heterocycles. The van der Waals surface area contributed by atoms with Gasteiger partial charge in [0.2, 0.25) is 0 Å². The van der Waals surface area contributed by atoms with Crippen LogP contribution in [0.5, 0.6) is 0 Å². The van der Waals surface area contributed by atoms with E-state index in [1.54, 1.807) is 6.92 Å². The summed E-state index contributed by atoms with van der Waals surface area (Å²) in [7, 11) is 0. The molecule has 0 spiro atoms. The molecule has 2 rings (SSSR count). The van der Waals surface area contributed by atoms with E-state index in [1.807, 2.05) is 42.2 Å². The van der Waals surface area contributed by atoms with E-state index in [9.17, 15) is 13.2 Å². The standard InChI is InChI=1S/C15H21F3N2/c1-11(8-15(16,17)18)20-10-14(19-9-12(20)2)13-6-4-3-5-7-13/h3-7,11-12,14,19H,8-10H2,1-2H3. The molecule has 3 atom stereocenters. The Labute approximate surface area is 118 Å². The third-order valence-corrected chi connectivity index (χ3v) is 3.91. The van der Waals surface area contributed by atoms with Gasteiger partial charge in [0.25, 0.3) is 0 Å². The van der Waals surface area contributed by atoms with Crippen molar-refractivity contribution in [3.8, 4) is 0 Å². The van der Waals surface area contributed by atoms with Gasteiger partial charge < -0.3 is 5.32 Å². The third-order valence-electron chi connectivity index (χ3n) is 3.91. The van der Waals surface area contributed by atoms with Crippen molar-refractivity contribution in [2.45, 2.75) is 44.6 Å². The van der Waals surface area contributed by atoms with E-state index in [0.29, 0.717) is 13.1 Å². The van der Waals surface area contributed by atoms with Crippen molar-refractivity contribution in [3.63, 3.8) is 0 Å². The lowest BCUT2D eigenvalue weighted by atomic mass is 10.00. The molecule has 1 N–H and O–H groups in total. The first-order chi connectivity index (χ1) is 9.37. The Morgan fingerprint density at radius 1 is 1.30 bits per heavy atom. The Bertz CT molecular complexity index is 419. The fourth-order valence-electron chi connectivity index (χ4n) is 2.86. The van der Waals surface area contributed by atoms with Crippen LogP contribution >= 0.6 is 0 Å². The zero-order valence-electron chi connectivity index (χ0n) is 11.8. The van der Waals surface area contributed by atoms with Gasteiger partial charge in [0.05, 0.1) is 6.42 Å². The van der Waals surface area contributed by atoms with Crippen LogP contribution in [0.3, 0.4) is 0 Å². The molecule has 0 aromatic heterocycles. The van der Waals surface area contributed by atoms with Gasteiger partial charge >= 0.3 is 6.18 Å². The summed E-state index contributed by atoms with van der Waals surface area (Å²) in [5.74, 6) is 0. The molecule has 1 aromatic carbocycles. The molecule has 0 aliphatic carbocycles. The highest BCUT2D eigenvalue weighted by atomic mass is 19.4. The van der Waals surface area contributed by atoms with Crippen LogP contribution in [0.25, 0.3) is 0 Å². The van der Waals surface area contributed by atoms with Crippen molar-refractivity contribution >= 4 is 0 Å². The number of alkyl halides is 3. The molecule has 1 aliphatic rings. The van der Waals surface area contributed by atoms with Crippen molar-refractivity contribution in [2.75, 3.05) is 13.1 Å². The molecule has 0 amide bonds. The molecule has 112 valence electrons. The molecule has 1 aromatic rings. The molecule has 0 bridgehead atoms. The predicted octanol–water partition coefficient (Wildman–Crippen LogP) is 3.36. The lowest BCUT2D eigenvalue weighted by Crippen LogP contribution is -2.55. The fourth-order valence-corrected chi connectivity index (χ4v) is 2.86. The fraction of sp³-hybridized carbons (Fsp3) is 0.600. The van der Waals surface area contributed by atoms with Crippen LogP contribution in [0.2, 0.25) is 0 Å². The minimum absolute atomic E-state index is 0.100. The number of halogens is 3. The van der Waals surface area contributed by atoms with Gasteiger partial charge in [0.15, 0.2) is 0 Å². The van der Waals surface area contributed by atoms with Crippen molar-refractivity contribution in [3.05, 3.63) is 35.9 Å². The Morgan fingerprint density at radius 3 is 2.55 bits per heavy atom. The molecule has 1 aliphatic heterocycles. The normalized spacial score (nSPS) is 26.4. The molecule has 1 heterocycles. The SMILES string of the molecule is CC1CNC(c2ccccc2)CN1C(C)CC(F)(F)F. The molecule has 1 fully saturated rings. The topological polar surface area (TPSA) is 15.3 Å². The van der Waals surface area contributed by atoms with Crippen molar-refractivity contribution < 1.29 is 13.2 Å². The largest absolute Gasteiger partial charge is 0.390 e. The summed E-state index contributed by atoms with van der Waals surface area (Å²) < 4.78 is 37.7. The second-order valence-corrected chi connectivity index (χ2v) is 5.59. The second-order valence-electron chi connectivity index (χ2n) is 5.59. The van der Waals surface area contributed by atoms with Crippen molar-refractivity contribution in [1.82, 2.24) is 10.2 Å². The number of hydrogen-bond donors (Lipinski definition) is 1. The average Bonchev–Trinajstić information content (AvgIpc) is 2.38. The van der Waals surface area contributed by atoms with Gasteiger partial charge in [0, 0.05) is 31.2 Å². The summed E-state index contributed by atoms with van der Waals surface area (Å²) in [4.78, 5) is 1.96. The summed E-state index contributed by atoms with van der Waals surface area (Å²) in [5, 5.41) is 3.41. The van der Waals surface area contributed by atoms with Gasteiger partial charge in [-0.15, -0.1) is 0 Å². The van der Waals surface area contributed by atoms with E-state index < -0.39 is 18.6 Å². The van der Waals surface area contributed by atoms with Gasteiger partial charge in [-0.2, -0.15) is 13.2 Å². The highest BCUT2D eigenvalue weighted by molar-refractivity contribution is 5.20. The third kappa shape index (κ3) is 3.96. The lowest BCUT2D eigenvalue weighted by Gasteiger charge is -2.42. The first-order valence-electron chi connectivity index (χ1n) is 6.97. The van der Waals surface area contributed by atoms with Crippen molar-refractivity contribution in [2.24, 2.45) is 0 Å². The Morgan fingerprint density at radius 2 is 1.95 bits per heavy atom. The van der Waals surface area contributed by atoms with Crippen LogP contribution in [0.15, 0.2) is 30.3 Å². The van der Waals surface area contributed by atoms with Gasteiger partial charge in [-0.25, -0.2) is 0 Å². The number of nitrogens with zero attached hydrogens (tertiary/aromatic N) is 1. The molecule has 2 nitrogen and oxygen atoms in total. The molecule has 5 heteroatoms. The number of nitrogens with one attached hydrogen (secondary N) is 1. The van der Waals surface area contributed by atoms with Crippen LogP contribution in [-0.4, -0.2) is 36.2 Å². The first kappa shape index (κ1) is 15.3. The van der Waals surface area contributed by atoms with E-state index in [4.69, 9.17) is 0 Å². The highest BCUT2D eigenvalue weighted by Crippen LogP contribution is 2.28. The summed E-state index contributed by atoms with van der Waals surface area (Å²) in [6.45, 7) is 4.96. The van der Waals surface area contributed by atoms with Gasteiger partial charge in [-0.3, -0.25) is 4.90 Å². The summed E-state index contributed by atoms with van der Waals surface area (Å²) in [6.07, 6.45) is -4.86. The average molecular weight is 286 g/mol. The van der Waals surface area contributed by atoms with E-state index in [2.05, 4.69) is 5.32 Å². The summed E-state index contributed by atoms with van der Waals surface area (Å²) >= 11 is 0. The minimum atomic E-state index is -4.10. The van der Waals surface area contributed by atoms with Crippen LogP contribution in [-0.2, 0) is 0 Å². The Balaban J connectivity index is 2.05. The van der Waals surface area contributed by atoms with Gasteiger partial charge in [-0.05, 0) is 19.4 Å². The second kappa shape index (κ2) is 6.14. The van der Waals surface area contributed by atoms with Crippen LogP contribution in [0, 0.1) is 0 Å². The van der Waals surface area contributed by atoms with Gasteiger partial charge in [-0.1, -0.05) is 30.3 Å². The molecule has 0 radical (unpaired) electrons.